The van der Waals surface area contributed by atoms with E-state index >= 15 is 0 Å². The molecule has 2 aromatic carbocycles. The predicted molar refractivity (Wildman–Crippen MR) is 119 cm³/mol. The minimum Gasteiger partial charge on any atom is -0.445 e. The van der Waals surface area contributed by atoms with Gasteiger partial charge in [0, 0.05) is 12.8 Å². The zero-order valence-electron chi connectivity index (χ0n) is 18.0. The second-order valence-electron chi connectivity index (χ2n) is 9.56. The van der Waals surface area contributed by atoms with Crippen molar-refractivity contribution in [3.05, 3.63) is 65.7 Å². The number of amides is 1. The molecule has 2 fully saturated rings. The second-order valence-corrected chi connectivity index (χ2v) is 14.6. The number of piperidine rings is 1. The summed E-state index contributed by atoms with van der Waals surface area (Å²) in [6.45, 7) is 8.02. The normalized spacial score (nSPS) is 26.3. The molecule has 2 aliphatic rings. The standard InChI is InChI=1S/C24H31NO4Si/c1-30(2,3)22-11-7-10-19(12-22)24(27)13-20-16-28-17-21(14-24)25(20)23(26)29-15-18-8-5-4-6-9-18/h4-12,20-21,27H,13-17H2,1-3H3. The number of aliphatic hydroxyl groups is 1. The number of carbonyl (C=O) groups is 1. The number of rotatable bonds is 4. The fourth-order valence-electron chi connectivity index (χ4n) is 4.58. The second kappa shape index (κ2) is 8.17. The Hall–Kier alpha value is -2.15. The van der Waals surface area contributed by atoms with Gasteiger partial charge in [-0.25, -0.2) is 4.79 Å². The molecule has 0 spiro atoms. The summed E-state index contributed by atoms with van der Waals surface area (Å²) in [6.07, 6.45) is 0.591. The topological polar surface area (TPSA) is 59.0 Å². The van der Waals surface area contributed by atoms with E-state index in [0.717, 1.165) is 11.1 Å². The third-order valence-corrected chi connectivity index (χ3v) is 8.28. The first kappa shape index (κ1) is 21.1. The van der Waals surface area contributed by atoms with Crippen molar-refractivity contribution in [2.45, 2.75) is 56.8 Å². The Labute approximate surface area is 179 Å². The summed E-state index contributed by atoms with van der Waals surface area (Å²) >= 11 is 0. The van der Waals surface area contributed by atoms with Gasteiger partial charge in [-0.1, -0.05) is 79.4 Å². The van der Waals surface area contributed by atoms with Crippen molar-refractivity contribution in [3.63, 3.8) is 0 Å². The third-order valence-electron chi connectivity index (χ3n) is 6.24. The molecule has 0 saturated carbocycles. The van der Waals surface area contributed by atoms with Crippen molar-refractivity contribution in [3.8, 4) is 0 Å². The van der Waals surface area contributed by atoms with Crippen LogP contribution < -0.4 is 5.19 Å². The van der Waals surface area contributed by atoms with Crippen LogP contribution in [0.5, 0.6) is 0 Å². The van der Waals surface area contributed by atoms with Crippen LogP contribution in [0.1, 0.15) is 24.0 Å². The molecule has 0 aromatic heterocycles. The Kier molecular flexibility index (Phi) is 5.75. The van der Waals surface area contributed by atoms with Crippen molar-refractivity contribution in [1.29, 1.82) is 0 Å². The Bertz CT molecular complexity index is 882. The first-order valence-electron chi connectivity index (χ1n) is 10.7. The van der Waals surface area contributed by atoms with E-state index in [-0.39, 0.29) is 24.8 Å². The highest BCUT2D eigenvalue weighted by Crippen LogP contribution is 2.41. The van der Waals surface area contributed by atoms with Gasteiger partial charge in [0.2, 0.25) is 0 Å². The van der Waals surface area contributed by atoms with Crippen LogP contribution in [0.25, 0.3) is 0 Å². The molecule has 2 bridgehead atoms. The number of nitrogens with zero attached hydrogens (tertiary/aromatic N) is 1. The quantitative estimate of drug-likeness (QED) is 0.760. The molecule has 30 heavy (non-hydrogen) atoms. The molecule has 2 saturated heterocycles. The maximum Gasteiger partial charge on any atom is 0.410 e. The van der Waals surface area contributed by atoms with Gasteiger partial charge in [-0.3, -0.25) is 4.90 Å². The number of ether oxygens (including phenoxy) is 2. The van der Waals surface area contributed by atoms with E-state index in [2.05, 4.69) is 31.8 Å². The van der Waals surface area contributed by atoms with Crippen molar-refractivity contribution < 1.29 is 19.4 Å². The number of carbonyl (C=O) groups excluding carboxylic acids is 1. The molecule has 2 atom stereocenters. The lowest BCUT2D eigenvalue weighted by atomic mass is 9.77. The van der Waals surface area contributed by atoms with Gasteiger partial charge in [0.15, 0.2) is 0 Å². The van der Waals surface area contributed by atoms with Gasteiger partial charge in [0.1, 0.15) is 6.61 Å². The van der Waals surface area contributed by atoms with Crippen molar-refractivity contribution in [2.24, 2.45) is 0 Å². The monoisotopic (exact) mass is 425 g/mol. The fourth-order valence-corrected chi connectivity index (χ4v) is 5.76. The summed E-state index contributed by atoms with van der Waals surface area (Å²) in [4.78, 5) is 14.7. The van der Waals surface area contributed by atoms with E-state index < -0.39 is 13.7 Å². The van der Waals surface area contributed by atoms with E-state index in [0.29, 0.717) is 26.1 Å². The number of fused-ring (bicyclic) bond motifs is 2. The highest BCUT2D eigenvalue weighted by molar-refractivity contribution is 6.88. The SMILES string of the molecule is C[Si](C)(C)c1cccc(C2(O)CC3COCC(C2)N3C(=O)OCc2ccccc2)c1. The lowest BCUT2D eigenvalue weighted by molar-refractivity contribution is -0.136. The van der Waals surface area contributed by atoms with Crippen LogP contribution in [-0.2, 0) is 21.7 Å². The summed E-state index contributed by atoms with van der Waals surface area (Å²) in [7, 11) is -1.48. The molecule has 5 nitrogen and oxygen atoms in total. The predicted octanol–water partition coefficient (Wildman–Crippen LogP) is 3.62. The third kappa shape index (κ3) is 4.31. The Morgan fingerprint density at radius 2 is 1.77 bits per heavy atom. The lowest BCUT2D eigenvalue weighted by Gasteiger charge is -2.51. The number of morpholine rings is 1. The molecule has 160 valence electrons. The van der Waals surface area contributed by atoms with E-state index in [4.69, 9.17) is 9.47 Å². The minimum atomic E-state index is -1.48. The number of hydrogen-bond donors (Lipinski definition) is 1. The molecule has 4 rings (SSSR count). The first-order chi connectivity index (χ1) is 14.3. The molecule has 2 heterocycles. The van der Waals surface area contributed by atoms with E-state index in [1.807, 2.05) is 42.5 Å². The van der Waals surface area contributed by atoms with Gasteiger partial charge in [-0.2, -0.15) is 0 Å². The molecular formula is C24H31NO4Si. The number of benzene rings is 2. The van der Waals surface area contributed by atoms with Crippen LogP contribution in [0.4, 0.5) is 4.79 Å². The first-order valence-corrected chi connectivity index (χ1v) is 14.2. The Morgan fingerprint density at radius 3 is 2.40 bits per heavy atom. The summed E-state index contributed by atoms with van der Waals surface area (Å²) in [5.41, 5.74) is 0.964. The van der Waals surface area contributed by atoms with Crippen molar-refractivity contribution >= 4 is 19.4 Å². The van der Waals surface area contributed by atoms with E-state index in [1.165, 1.54) is 5.19 Å². The Morgan fingerprint density at radius 1 is 1.10 bits per heavy atom. The van der Waals surface area contributed by atoms with Gasteiger partial charge < -0.3 is 14.6 Å². The van der Waals surface area contributed by atoms with Crippen LogP contribution in [0, 0.1) is 0 Å². The largest absolute Gasteiger partial charge is 0.445 e. The average molecular weight is 426 g/mol. The van der Waals surface area contributed by atoms with Crippen molar-refractivity contribution in [2.75, 3.05) is 13.2 Å². The molecule has 1 amide bonds. The molecule has 2 unspecified atom stereocenters. The molecule has 2 aliphatic heterocycles. The summed E-state index contributed by atoms with van der Waals surface area (Å²) in [5.74, 6) is 0. The van der Waals surface area contributed by atoms with Gasteiger partial charge in [0.05, 0.1) is 39.0 Å². The van der Waals surface area contributed by atoms with Crippen LogP contribution in [0.2, 0.25) is 19.6 Å². The number of hydrogen-bond acceptors (Lipinski definition) is 4. The van der Waals surface area contributed by atoms with Crippen LogP contribution in [0.3, 0.4) is 0 Å². The van der Waals surface area contributed by atoms with Crippen LogP contribution >= 0.6 is 0 Å². The summed E-state index contributed by atoms with van der Waals surface area (Å²) < 4.78 is 11.3. The van der Waals surface area contributed by atoms with E-state index in [1.54, 1.807) is 4.90 Å². The maximum absolute atomic E-state index is 12.9. The molecule has 2 aromatic rings. The molecule has 6 heteroatoms. The summed E-state index contributed by atoms with van der Waals surface area (Å²) in [5, 5.41) is 13.0. The van der Waals surface area contributed by atoms with Crippen LogP contribution in [0.15, 0.2) is 54.6 Å². The smallest absolute Gasteiger partial charge is 0.410 e. The maximum atomic E-state index is 12.9. The van der Waals surface area contributed by atoms with Crippen molar-refractivity contribution in [1.82, 2.24) is 4.90 Å². The summed E-state index contributed by atoms with van der Waals surface area (Å²) in [6, 6.07) is 17.7. The lowest BCUT2D eigenvalue weighted by Crippen LogP contribution is -2.62. The van der Waals surface area contributed by atoms with Gasteiger partial charge in [-0.05, 0) is 11.1 Å². The molecule has 0 radical (unpaired) electrons. The zero-order valence-corrected chi connectivity index (χ0v) is 19.0. The van der Waals surface area contributed by atoms with Gasteiger partial charge in [0.25, 0.3) is 0 Å². The highest BCUT2D eigenvalue weighted by atomic mass is 28.3. The molecule has 0 aliphatic carbocycles. The average Bonchev–Trinajstić information content (AvgIpc) is 2.72. The van der Waals surface area contributed by atoms with Gasteiger partial charge in [-0.15, -0.1) is 0 Å². The highest BCUT2D eigenvalue weighted by Gasteiger charge is 2.49. The van der Waals surface area contributed by atoms with Gasteiger partial charge >= 0.3 is 6.09 Å². The minimum absolute atomic E-state index is 0.193. The van der Waals surface area contributed by atoms with E-state index in [9.17, 15) is 9.90 Å². The zero-order chi connectivity index (χ0) is 21.4. The fraction of sp³-hybridized carbons (Fsp3) is 0.458. The molecular weight excluding hydrogens is 394 g/mol. The Balaban J connectivity index is 1.51. The molecule has 1 N–H and O–H groups in total. The van der Waals surface area contributed by atoms with Crippen LogP contribution in [-0.4, -0.2) is 49.5 Å².